The maximum atomic E-state index is 11.8. The Morgan fingerprint density at radius 1 is 1.29 bits per heavy atom. The van der Waals surface area contributed by atoms with E-state index in [1.165, 1.54) is 12.1 Å². The molecule has 1 aromatic rings. The molecule has 5 heteroatoms. The van der Waals surface area contributed by atoms with Gasteiger partial charge >= 0.3 is 0 Å². The van der Waals surface area contributed by atoms with Crippen LogP contribution < -0.4 is 5.32 Å². The SMILES string of the molecule is C#CC(C)(C)NC(=O)c1cc(Cl)cc(Cl)c1.Cl. The van der Waals surface area contributed by atoms with Crippen LogP contribution in [0.3, 0.4) is 0 Å². The number of benzene rings is 1. The van der Waals surface area contributed by atoms with Gasteiger partial charge in [0, 0.05) is 15.6 Å². The van der Waals surface area contributed by atoms with Gasteiger partial charge in [0.05, 0.1) is 5.54 Å². The van der Waals surface area contributed by atoms with Crippen molar-refractivity contribution >= 4 is 41.5 Å². The highest BCUT2D eigenvalue weighted by Gasteiger charge is 2.18. The zero-order valence-corrected chi connectivity index (χ0v) is 11.7. The molecule has 1 aromatic carbocycles. The van der Waals surface area contributed by atoms with Crippen molar-refractivity contribution in [2.24, 2.45) is 0 Å². The van der Waals surface area contributed by atoms with Gasteiger partial charge in [0.15, 0.2) is 0 Å². The first-order chi connectivity index (χ1) is 7.34. The Balaban J connectivity index is 0.00000256. The zero-order valence-electron chi connectivity index (χ0n) is 9.38. The first-order valence-corrected chi connectivity index (χ1v) is 5.36. The van der Waals surface area contributed by atoms with E-state index in [-0.39, 0.29) is 18.3 Å². The van der Waals surface area contributed by atoms with Gasteiger partial charge in [0.25, 0.3) is 5.91 Å². The fraction of sp³-hybridized carbons (Fsp3) is 0.250. The molecular weight excluding hydrogens is 280 g/mol. The van der Waals surface area contributed by atoms with E-state index >= 15 is 0 Å². The molecule has 0 aliphatic rings. The van der Waals surface area contributed by atoms with Gasteiger partial charge in [-0.15, -0.1) is 18.8 Å². The normalized spacial score (nSPS) is 10.1. The summed E-state index contributed by atoms with van der Waals surface area (Å²) >= 11 is 11.6. The summed E-state index contributed by atoms with van der Waals surface area (Å²) in [5, 5.41) is 3.51. The smallest absolute Gasteiger partial charge is 0.252 e. The van der Waals surface area contributed by atoms with Gasteiger partial charge in [-0.3, -0.25) is 4.79 Å². The lowest BCUT2D eigenvalue weighted by Gasteiger charge is -2.19. The van der Waals surface area contributed by atoms with Crippen LogP contribution in [0.4, 0.5) is 0 Å². The summed E-state index contributed by atoms with van der Waals surface area (Å²) in [4.78, 5) is 11.8. The summed E-state index contributed by atoms with van der Waals surface area (Å²) in [6.45, 7) is 3.47. The van der Waals surface area contributed by atoms with E-state index in [2.05, 4.69) is 11.2 Å². The first-order valence-electron chi connectivity index (χ1n) is 4.60. The highest BCUT2D eigenvalue weighted by Crippen LogP contribution is 2.19. The number of nitrogens with one attached hydrogen (secondary N) is 1. The number of carbonyl (C=O) groups excluding carboxylic acids is 1. The van der Waals surface area contributed by atoms with E-state index in [0.717, 1.165) is 0 Å². The van der Waals surface area contributed by atoms with Crippen LogP contribution in [-0.2, 0) is 0 Å². The third-order valence-electron chi connectivity index (χ3n) is 1.91. The lowest BCUT2D eigenvalue weighted by atomic mass is 10.1. The second-order valence-corrected chi connectivity index (χ2v) is 4.75. The van der Waals surface area contributed by atoms with Gasteiger partial charge in [0.2, 0.25) is 0 Å². The van der Waals surface area contributed by atoms with Gasteiger partial charge in [0.1, 0.15) is 0 Å². The quantitative estimate of drug-likeness (QED) is 0.830. The monoisotopic (exact) mass is 291 g/mol. The van der Waals surface area contributed by atoms with Crippen LogP contribution >= 0.6 is 35.6 Å². The molecule has 0 aliphatic heterocycles. The summed E-state index contributed by atoms with van der Waals surface area (Å²) in [6.07, 6.45) is 5.28. The minimum Gasteiger partial charge on any atom is -0.336 e. The number of terminal acetylenes is 1. The average molecular weight is 293 g/mol. The predicted octanol–water partition coefficient (Wildman–Crippen LogP) is 3.56. The number of hydrogen-bond acceptors (Lipinski definition) is 1. The van der Waals surface area contributed by atoms with Crippen molar-refractivity contribution in [2.45, 2.75) is 19.4 Å². The molecule has 1 N–H and O–H groups in total. The van der Waals surface area contributed by atoms with E-state index < -0.39 is 5.54 Å². The van der Waals surface area contributed by atoms with Crippen molar-refractivity contribution in [1.82, 2.24) is 5.32 Å². The van der Waals surface area contributed by atoms with E-state index in [9.17, 15) is 4.79 Å². The molecule has 1 amide bonds. The summed E-state index contributed by atoms with van der Waals surface area (Å²) in [7, 11) is 0. The molecule has 1 rings (SSSR count). The number of rotatable bonds is 2. The molecule has 17 heavy (non-hydrogen) atoms. The summed E-state index contributed by atoms with van der Waals surface area (Å²) in [6, 6.07) is 4.64. The van der Waals surface area contributed by atoms with Crippen LogP contribution in [0.1, 0.15) is 24.2 Å². The highest BCUT2D eigenvalue weighted by molar-refractivity contribution is 6.35. The minimum absolute atomic E-state index is 0. The standard InChI is InChI=1S/C12H11Cl2NO.ClH/c1-4-12(2,3)15-11(16)8-5-9(13)7-10(14)6-8;/h1,5-7H,2-3H3,(H,15,16);1H. The summed E-state index contributed by atoms with van der Waals surface area (Å²) in [5.41, 5.74) is -0.313. The van der Waals surface area contributed by atoms with Crippen LogP contribution in [0.25, 0.3) is 0 Å². The topological polar surface area (TPSA) is 29.1 Å². The second-order valence-electron chi connectivity index (χ2n) is 3.88. The van der Waals surface area contributed by atoms with E-state index in [1.807, 2.05) is 0 Å². The number of hydrogen-bond donors (Lipinski definition) is 1. The maximum Gasteiger partial charge on any atom is 0.252 e. The van der Waals surface area contributed by atoms with E-state index in [1.54, 1.807) is 19.9 Å². The van der Waals surface area contributed by atoms with E-state index in [4.69, 9.17) is 29.6 Å². The summed E-state index contributed by atoms with van der Waals surface area (Å²) < 4.78 is 0. The first kappa shape index (κ1) is 16.1. The molecule has 92 valence electrons. The Kier molecular flexibility index (Phi) is 5.84. The fourth-order valence-corrected chi connectivity index (χ4v) is 1.60. The van der Waals surface area contributed by atoms with Gasteiger partial charge in [-0.25, -0.2) is 0 Å². The molecule has 0 saturated heterocycles. The Hall–Kier alpha value is -0.880. The lowest BCUT2D eigenvalue weighted by molar-refractivity contribution is 0.0930. The number of halogens is 3. The highest BCUT2D eigenvalue weighted by atomic mass is 35.5. The molecule has 0 atom stereocenters. The zero-order chi connectivity index (χ0) is 12.3. The van der Waals surface area contributed by atoms with Gasteiger partial charge < -0.3 is 5.32 Å². The van der Waals surface area contributed by atoms with Crippen molar-refractivity contribution in [3.8, 4) is 12.3 Å². The van der Waals surface area contributed by atoms with Crippen molar-refractivity contribution in [3.63, 3.8) is 0 Å². The van der Waals surface area contributed by atoms with Crippen molar-refractivity contribution in [2.75, 3.05) is 0 Å². The Morgan fingerprint density at radius 2 is 1.76 bits per heavy atom. The van der Waals surface area contributed by atoms with Gasteiger partial charge in [-0.05, 0) is 32.0 Å². The third-order valence-corrected chi connectivity index (χ3v) is 2.35. The predicted molar refractivity (Wildman–Crippen MR) is 74.1 cm³/mol. The Morgan fingerprint density at radius 3 is 2.18 bits per heavy atom. The van der Waals surface area contributed by atoms with Crippen LogP contribution in [-0.4, -0.2) is 11.4 Å². The average Bonchev–Trinajstić information content (AvgIpc) is 2.15. The molecule has 0 radical (unpaired) electrons. The van der Waals surface area contributed by atoms with Crippen LogP contribution in [0.15, 0.2) is 18.2 Å². The van der Waals surface area contributed by atoms with Crippen molar-refractivity contribution in [3.05, 3.63) is 33.8 Å². The Labute approximate surface area is 117 Å². The number of amides is 1. The molecule has 0 aliphatic carbocycles. The lowest BCUT2D eigenvalue weighted by Crippen LogP contribution is -2.42. The van der Waals surface area contributed by atoms with Crippen LogP contribution in [0.2, 0.25) is 10.0 Å². The minimum atomic E-state index is -0.703. The molecule has 0 fully saturated rings. The maximum absolute atomic E-state index is 11.8. The van der Waals surface area contributed by atoms with Crippen LogP contribution in [0, 0.1) is 12.3 Å². The molecule has 0 bridgehead atoms. The van der Waals surface area contributed by atoms with Gasteiger partial charge in [-0.2, -0.15) is 0 Å². The molecular formula is C12H12Cl3NO. The number of carbonyl (C=O) groups is 1. The molecule has 0 spiro atoms. The van der Waals surface area contributed by atoms with Crippen molar-refractivity contribution < 1.29 is 4.79 Å². The Bertz CT molecular complexity index is 443. The molecule has 0 aromatic heterocycles. The van der Waals surface area contributed by atoms with Gasteiger partial charge in [-0.1, -0.05) is 29.1 Å². The third kappa shape index (κ3) is 4.87. The summed E-state index contributed by atoms with van der Waals surface area (Å²) in [5.74, 6) is 2.17. The molecule has 2 nitrogen and oxygen atoms in total. The van der Waals surface area contributed by atoms with E-state index in [0.29, 0.717) is 15.6 Å². The molecule has 0 saturated carbocycles. The molecule has 0 unspecified atom stereocenters. The molecule has 0 heterocycles. The second kappa shape index (κ2) is 6.16. The largest absolute Gasteiger partial charge is 0.336 e. The van der Waals surface area contributed by atoms with Crippen molar-refractivity contribution in [1.29, 1.82) is 0 Å². The fourth-order valence-electron chi connectivity index (χ4n) is 1.08. The van der Waals surface area contributed by atoms with Crippen LogP contribution in [0.5, 0.6) is 0 Å².